The van der Waals surface area contributed by atoms with E-state index in [2.05, 4.69) is 15.2 Å². The summed E-state index contributed by atoms with van der Waals surface area (Å²) in [5, 5.41) is 8.02. The molecule has 2 fully saturated rings. The molecule has 9 heteroatoms. The molecule has 0 radical (unpaired) electrons. The van der Waals surface area contributed by atoms with Gasteiger partial charge in [0.05, 0.1) is 5.41 Å². The van der Waals surface area contributed by atoms with Gasteiger partial charge in [0.25, 0.3) is 0 Å². The topological polar surface area (TPSA) is 78.1 Å². The molecule has 2 saturated carbocycles. The number of hydrogen-bond acceptors (Lipinski definition) is 6. The van der Waals surface area contributed by atoms with E-state index in [0.717, 1.165) is 32.1 Å². The van der Waals surface area contributed by atoms with E-state index in [1.54, 1.807) is 6.92 Å². The van der Waals surface area contributed by atoms with E-state index in [0.29, 0.717) is 23.3 Å². The number of ketones is 1. The molecule has 6 nitrogen and oxygen atoms in total. The molecule has 0 saturated heterocycles. The number of aromatic nitrogens is 3. The highest BCUT2D eigenvalue weighted by Crippen LogP contribution is 2.46. The minimum absolute atomic E-state index is 0.0830. The van der Waals surface area contributed by atoms with Gasteiger partial charge in [-0.15, -0.1) is 10.2 Å². The van der Waals surface area contributed by atoms with E-state index < -0.39 is 18.2 Å². The minimum Gasteiger partial charge on any atom is -0.484 e. The lowest BCUT2D eigenvalue weighted by Gasteiger charge is -2.25. The summed E-state index contributed by atoms with van der Waals surface area (Å²) in [5.41, 5.74) is 0.0717. The Morgan fingerprint density at radius 2 is 1.97 bits per heavy atom. The zero-order valence-corrected chi connectivity index (χ0v) is 17.0. The molecule has 2 aromatic heterocycles. The number of halogens is 3. The van der Waals surface area contributed by atoms with Crippen LogP contribution in [0.5, 0.6) is 5.75 Å². The van der Waals surface area contributed by atoms with E-state index in [-0.39, 0.29) is 29.6 Å². The van der Waals surface area contributed by atoms with Gasteiger partial charge in [-0.3, -0.25) is 9.78 Å². The SMILES string of the molecule is Cc1nnc(C(C)(CC(=O)c2cc(OCC(F)(F)F)c(C3CC3)cn2)CC2CC2)o1. The predicted octanol–water partition coefficient (Wildman–Crippen LogP) is 4.92. The second-order valence-corrected chi connectivity index (χ2v) is 8.72. The quantitative estimate of drug-likeness (QED) is 0.533. The largest absolute Gasteiger partial charge is 0.484 e. The smallest absolute Gasteiger partial charge is 0.422 e. The summed E-state index contributed by atoms with van der Waals surface area (Å²) in [6.45, 7) is 2.21. The van der Waals surface area contributed by atoms with Crippen LogP contribution in [0.25, 0.3) is 0 Å². The molecule has 0 aliphatic heterocycles. The molecule has 0 bridgehead atoms. The predicted molar refractivity (Wildman–Crippen MR) is 100 cm³/mol. The molecule has 30 heavy (non-hydrogen) atoms. The van der Waals surface area contributed by atoms with Crippen LogP contribution in [0.1, 0.15) is 79.2 Å². The number of carbonyl (C=O) groups is 1. The number of nitrogens with zero attached hydrogens (tertiary/aromatic N) is 3. The molecule has 2 aliphatic carbocycles. The number of rotatable bonds is 9. The van der Waals surface area contributed by atoms with Gasteiger partial charge in [0.2, 0.25) is 11.8 Å². The summed E-state index contributed by atoms with van der Waals surface area (Å²) in [4.78, 5) is 17.3. The maximum absolute atomic E-state index is 13.1. The average molecular weight is 423 g/mol. The first-order valence-electron chi connectivity index (χ1n) is 10.2. The lowest BCUT2D eigenvalue weighted by Crippen LogP contribution is -2.28. The second-order valence-electron chi connectivity index (χ2n) is 8.72. The second kappa shape index (κ2) is 7.67. The summed E-state index contributed by atoms with van der Waals surface area (Å²) in [6.07, 6.45) is 1.80. The lowest BCUT2D eigenvalue weighted by molar-refractivity contribution is -0.153. The van der Waals surface area contributed by atoms with Crippen molar-refractivity contribution in [3.8, 4) is 5.75 Å². The van der Waals surface area contributed by atoms with Gasteiger partial charge < -0.3 is 9.15 Å². The Balaban J connectivity index is 1.56. The van der Waals surface area contributed by atoms with Crippen LogP contribution in [-0.4, -0.2) is 33.7 Å². The fourth-order valence-corrected chi connectivity index (χ4v) is 3.77. The van der Waals surface area contributed by atoms with Gasteiger partial charge in [0, 0.05) is 31.2 Å². The third-order valence-corrected chi connectivity index (χ3v) is 5.62. The van der Waals surface area contributed by atoms with Gasteiger partial charge in [0.15, 0.2) is 12.4 Å². The summed E-state index contributed by atoms with van der Waals surface area (Å²) >= 11 is 0. The number of aryl methyl sites for hydroxylation is 1. The molecule has 1 atom stereocenters. The molecule has 0 aromatic carbocycles. The molecule has 162 valence electrons. The zero-order chi connectivity index (χ0) is 21.5. The highest BCUT2D eigenvalue weighted by Gasteiger charge is 2.41. The van der Waals surface area contributed by atoms with Gasteiger partial charge >= 0.3 is 6.18 Å². The van der Waals surface area contributed by atoms with E-state index in [1.165, 1.54) is 12.3 Å². The van der Waals surface area contributed by atoms with Gasteiger partial charge in [-0.25, -0.2) is 0 Å². The van der Waals surface area contributed by atoms with Crippen LogP contribution in [0, 0.1) is 12.8 Å². The molecule has 2 aromatic rings. The number of Topliss-reactive ketones (excluding diaryl/α,β-unsaturated/α-hetero) is 1. The monoisotopic (exact) mass is 423 g/mol. The lowest BCUT2D eigenvalue weighted by atomic mass is 9.79. The summed E-state index contributed by atoms with van der Waals surface area (Å²) in [7, 11) is 0. The Hall–Kier alpha value is -2.45. The summed E-state index contributed by atoms with van der Waals surface area (Å²) in [5.74, 6) is 1.29. The van der Waals surface area contributed by atoms with E-state index in [1.807, 2.05) is 6.92 Å². The third kappa shape index (κ3) is 4.99. The first-order chi connectivity index (χ1) is 14.1. The van der Waals surface area contributed by atoms with Crippen molar-refractivity contribution in [1.82, 2.24) is 15.2 Å². The fraction of sp³-hybridized carbons (Fsp3) is 0.619. The van der Waals surface area contributed by atoms with Gasteiger partial charge in [-0.2, -0.15) is 13.2 Å². The fourth-order valence-electron chi connectivity index (χ4n) is 3.77. The Labute approximate surface area is 172 Å². The van der Waals surface area contributed by atoms with Crippen molar-refractivity contribution < 1.29 is 27.1 Å². The van der Waals surface area contributed by atoms with E-state index >= 15 is 0 Å². The Kier molecular flexibility index (Phi) is 5.32. The minimum atomic E-state index is -4.45. The van der Waals surface area contributed by atoms with Crippen molar-refractivity contribution in [2.45, 2.75) is 69.9 Å². The zero-order valence-electron chi connectivity index (χ0n) is 17.0. The first kappa shape index (κ1) is 20.8. The van der Waals surface area contributed by atoms with Gasteiger partial charge in [-0.1, -0.05) is 19.8 Å². The van der Waals surface area contributed by atoms with Crippen molar-refractivity contribution >= 4 is 5.78 Å². The Morgan fingerprint density at radius 3 is 2.53 bits per heavy atom. The molecule has 0 spiro atoms. The molecular weight excluding hydrogens is 399 g/mol. The maximum atomic E-state index is 13.1. The number of alkyl halides is 3. The maximum Gasteiger partial charge on any atom is 0.422 e. The Morgan fingerprint density at radius 1 is 1.23 bits per heavy atom. The third-order valence-electron chi connectivity index (χ3n) is 5.62. The van der Waals surface area contributed by atoms with Crippen molar-refractivity contribution in [2.75, 3.05) is 6.61 Å². The number of hydrogen-bond donors (Lipinski definition) is 0. The van der Waals surface area contributed by atoms with Crippen LogP contribution in [0.2, 0.25) is 0 Å². The van der Waals surface area contributed by atoms with Crippen molar-refractivity contribution in [2.24, 2.45) is 5.92 Å². The number of ether oxygens (including phenoxy) is 1. The van der Waals surface area contributed by atoms with Crippen LogP contribution in [0.4, 0.5) is 13.2 Å². The average Bonchev–Trinajstić information content (AvgIpc) is 3.59. The van der Waals surface area contributed by atoms with Crippen LogP contribution in [-0.2, 0) is 5.41 Å². The van der Waals surface area contributed by atoms with E-state index in [4.69, 9.17) is 9.15 Å². The van der Waals surface area contributed by atoms with Crippen molar-refractivity contribution in [1.29, 1.82) is 0 Å². The summed E-state index contributed by atoms with van der Waals surface area (Å²) in [6, 6.07) is 1.35. The van der Waals surface area contributed by atoms with Crippen LogP contribution >= 0.6 is 0 Å². The highest BCUT2D eigenvalue weighted by atomic mass is 19.4. The van der Waals surface area contributed by atoms with Crippen LogP contribution < -0.4 is 4.74 Å². The molecular formula is C21H24F3N3O3. The highest BCUT2D eigenvalue weighted by molar-refractivity contribution is 5.95. The van der Waals surface area contributed by atoms with Crippen LogP contribution in [0.3, 0.4) is 0 Å². The molecule has 2 heterocycles. The molecule has 4 rings (SSSR count). The van der Waals surface area contributed by atoms with Crippen LogP contribution in [0.15, 0.2) is 16.7 Å². The first-order valence-corrected chi connectivity index (χ1v) is 10.2. The molecule has 1 unspecified atom stereocenters. The number of carbonyl (C=O) groups excluding carboxylic acids is 1. The van der Waals surface area contributed by atoms with Crippen molar-refractivity contribution in [3.05, 3.63) is 35.3 Å². The molecule has 0 N–H and O–H groups in total. The molecule has 2 aliphatic rings. The normalized spacial score (nSPS) is 18.8. The van der Waals surface area contributed by atoms with Gasteiger partial charge in [0.1, 0.15) is 11.4 Å². The van der Waals surface area contributed by atoms with E-state index in [9.17, 15) is 18.0 Å². The molecule has 0 amide bonds. The standard InChI is InChI=1S/C21H24F3N3O3/c1-12-26-27-19(30-12)20(2,8-13-3-4-13)9-17(28)16-7-18(29-11-21(22,23)24)15(10-25-16)14-5-6-14/h7,10,13-14H,3-6,8-9,11H2,1-2H3. The van der Waals surface area contributed by atoms with Crippen molar-refractivity contribution in [3.63, 3.8) is 0 Å². The Bertz CT molecular complexity index is 935. The number of pyridine rings is 1. The van der Waals surface area contributed by atoms with Gasteiger partial charge in [-0.05, 0) is 31.1 Å². The summed E-state index contributed by atoms with van der Waals surface area (Å²) < 4.78 is 48.6.